The molecular formula is C13H29Cl2N3O. The summed E-state index contributed by atoms with van der Waals surface area (Å²) in [5.74, 6) is 0.110. The summed E-state index contributed by atoms with van der Waals surface area (Å²) in [4.78, 5) is 16.5. The van der Waals surface area contributed by atoms with E-state index in [9.17, 15) is 4.79 Å². The number of carbonyl (C=O) groups is 1. The summed E-state index contributed by atoms with van der Waals surface area (Å²) in [7, 11) is 1.92. The van der Waals surface area contributed by atoms with Crippen molar-refractivity contribution >= 4 is 30.7 Å². The van der Waals surface area contributed by atoms with Gasteiger partial charge in [0.15, 0.2) is 0 Å². The highest BCUT2D eigenvalue weighted by molar-refractivity contribution is 5.85. The molecule has 116 valence electrons. The van der Waals surface area contributed by atoms with Crippen LogP contribution in [0.2, 0.25) is 0 Å². The quantitative estimate of drug-likeness (QED) is 0.860. The largest absolute Gasteiger partial charge is 0.342 e. The molecule has 1 saturated heterocycles. The van der Waals surface area contributed by atoms with Crippen LogP contribution < -0.4 is 5.73 Å². The number of carbonyl (C=O) groups excluding carboxylic acids is 1. The Labute approximate surface area is 129 Å². The number of nitrogens with zero attached hydrogens (tertiary/aromatic N) is 2. The van der Waals surface area contributed by atoms with Crippen LogP contribution in [0.4, 0.5) is 0 Å². The second-order valence-electron chi connectivity index (χ2n) is 5.26. The highest BCUT2D eigenvalue weighted by Crippen LogP contribution is 2.17. The Kier molecular flexibility index (Phi) is 11.0. The van der Waals surface area contributed by atoms with Gasteiger partial charge in [-0.05, 0) is 26.3 Å². The number of piperidine rings is 1. The molecule has 0 aromatic rings. The van der Waals surface area contributed by atoms with Crippen molar-refractivity contribution in [3.8, 4) is 0 Å². The minimum Gasteiger partial charge on any atom is -0.342 e. The highest BCUT2D eigenvalue weighted by atomic mass is 35.5. The zero-order valence-electron chi connectivity index (χ0n) is 12.5. The summed E-state index contributed by atoms with van der Waals surface area (Å²) in [6.07, 6.45) is 2.17. The second-order valence-corrected chi connectivity index (χ2v) is 5.26. The Bertz CT molecular complexity index is 256. The molecule has 2 N–H and O–H groups in total. The number of nitrogens with two attached hydrogens (primary N) is 1. The molecule has 1 aliphatic rings. The van der Waals surface area contributed by atoms with E-state index in [1.165, 1.54) is 0 Å². The maximum atomic E-state index is 12.2. The van der Waals surface area contributed by atoms with Gasteiger partial charge >= 0.3 is 0 Å². The fraction of sp³-hybridized carbons (Fsp3) is 0.923. The molecule has 4 nitrogen and oxygen atoms in total. The number of amides is 1. The number of rotatable bonds is 4. The number of hydrogen-bond acceptors (Lipinski definition) is 3. The third kappa shape index (κ3) is 5.86. The fourth-order valence-corrected chi connectivity index (χ4v) is 2.35. The summed E-state index contributed by atoms with van der Waals surface area (Å²) in [5, 5.41) is 0. The third-order valence-corrected chi connectivity index (χ3v) is 4.08. The average Bonchev–Trinajstić information content (AvgIpc) is 2.36. The number of hydrogen-bond donors (Lipinski definition) is 1. The van der Waals surface area contributed by atoms with E-state index in [0.717, 1.165) is 32.5 Å². The third-order valence-electron chi connectivity index (χ3n) is 4.08. The van der Waals surface area contributed by atoms with Crippen LogP contribution in [0.3, 0.4) is 0 Å². The van der Waals surface area contributed by atoms with Gasteiger partial charge in [-0.15, -0.1) is 24.8 Å². The monoisotopic (exact) mass is 313 g/mol. The first kappa shape index (κ1) is 21.3. The first-order valence-corrected chi connectivity index (χ1v) is 6.72. The van der Waals surface area contributed by atoms with E-state index in [1.807, 2.05) is 25.8 Å². The van der Waals surface area contributed by atoms with E-state index in [1.54, 1.807) is 0 Å². The van der Waals surface area contributed by atoms with Crippen LogP contribution >= 0.6 is 24.8 Å². The van der Waals surface area contributed by atoms with Crippen LogP contribution in [0.15, 0.2) is 0 Å². The smallest absolute Gasteiger partial charge is 0.226 e. The standard InChI is InChI=1S/C13H27N3O.2ClH/c1-5-16-8-6-12(7-9-16)15(4)13(17)10(2)11(3)14;;/h10-12H,5-9,14H2,1-4H3;2*1H. The lowest BCUT2D eigenvalue weighted by Gasteiger charge is -2.37. The van der Waals surface area contributed by atoms with E-state index >= 15 is 0 Å². The Morgan fingerprint density at radius 2 is 1.79 bits per heavy atom. The molecule has 0 aromatic carbocycles. The molecule has 19 heavy (non-hydrogen) atoms. The van der Waals surface area contributed by atoms with E-state index in [4.69, 9.17) is 5.73 Å². The van der Waals surface area contributed by atoms with Crippen LogP contribution in [0.5, 0.6) is 0 Å². The average molecular weight is 314 g/mol. The maximum Gasteiger partial charge on any atom is 0.226 e. The van der Waals surface area contributed by atoms with Gasteiger partial charge < -0.3 is 15.5 Å². The summed E-state index contributed by atoms with van der Waals surface area (Å²) < 4.78 is 0. The molecule has 0 radical (unpaired) electrons. The van der Waals surface area contributed by atoms with E-state index < -0.39 is 0 Å². The van der Waals surface area contributed by atoms with Crippen molar-refractivity contribution in [1.29, 1.82) is 0 Å². The van der Waals surface area contributed by atoms with Gasteiger partial charge in [0.2, 0.25) is 5.91 Å². The van der Waals surface area contributed by atoms with Crippen LogP contribution in [0.25, 0.3) is 0 Å². The van der Waals surface area contributed by atoms with Crippen molar-refractivity contribution in [3.63, 3.8) is 0 Å². The summed E-state index contributed by atoms with van der Waals surface area (Å²) in [6.45, 7) is 9.32. The molecule has 1 aliphatic heterocycles. The lowest BCUT2D eigenvalue weighted by molar-refractivity contribution is -0.137. The molecular weight excluding hydrogens is 285 g/mol. The molecule has 1 heterocycles. The van der Waals surface area contributed by atoms with Gasteiger partial charge in [0.1, 0.15) is 0 Å². The molecule has 0 saturated carbocycles. The van der Waals surface area contributed by atoms with Gasteiger partial charge in [-0.2, -0.15) is 0 Å². The predicted octanol–water partition coefficient (Wildman–Crippen LogP) is 1.76. The van der Waals surface area contributed by atoms with Gasteiger partial charge in [-0.25, -0.2) is 0 Å². The van der Waals surface area contributed by atoms with E-state index in [-0.39, 0.29) is 42.7 Å². The Morgan fingerprint density at radius 1 is 1.32 bits per heavy atom. The summed E-state index contributed by atoms with van der Waals surface area (Å²) in [6, 6.07) is 0.326. The lowest BCUT2D eigenvalue weighted by Crippen LogP contribution is -2.49. The Balaban J connectivity index is 0. The predicted molar refractivity (Wildman–Crippen MR) is 85.2 cm³/mol. The van der Waals surface area contributed by atoms with Crippen molar-refractivity contribution in [3.05, 3.63) is 0 Å². The molecule has 1 amide bonds. The van der Waals surface area contributed by atoms with Crippen molar-refractivity contribution < 1.29 is 4.79 Å². The molecule has 1 rings (SSSR count). The van der Waals surface area contributed by atoms with Crippen LogP contribution in [0.1, 0.15) is 33.6 Å². The molecule has 0 spiro atoms. The second kappa shape index (κ2) is 9.81. The SMILES string of the molecule is CCN1CCC(N(C)C(=O)C(C)C(C)N)CC1.Cl.Cl. The maximum absolute atomic E-state index is 12.2. The summed E-state index contributed by atoms with van der Waals surface area (Å²) in [5.41, 5.74) is 5.79. The van der Waals surface area contributed by atoms with Crippen LogP contribution in [0, 0.1) is 5.92 Å². The first-order valence-electron chi connectivity index (χ1n) is 6.72. The Hall–Kier alpha value is -0.0300. The molecule has 6 heteroatoms. The molecule has 0 aromatic heterocycles. The minimum atomic E-state index is -0.0794. The summed E-state index contributed by atoms with van der Waals surface area (Å²) >= 11 is 0. The van der Waals surface area contributed by atoms with Crippen molar-refractivity contribution in [2.45, 2.75) is 45.7 Å². The van der Waals surface area contributed by atoms with Crippen molar-refractivity contribution in [2.24, 2.45) is 11.7 Å². The zero-order valence-corrected chi connectivity index (χ0v) is 14.1. The fourth-order valence-electron chi connectivity index (χ4n) is 2.35. The normalized spacial score (nSPS) is 19.8. The molecule has 2 unspecified atom stereocenters. The van der Waals surface area contributed by atoms with Crippen molar-refractivity contribution in [2.75, 3.05) is 26.7 Å². The molecule has 0 bridgehead atoms. The minimum absolute atomic E-state index is 0. The van der Waals surface area contributed by atoms with Crippen molar-refractivity contribution in [1.82, 2.24) is 9.80 Å². The topological polar surface area (TPSA) is 49.6 Å². The van der Waals surface area contributed by atoms with Crippen LogP contribution in [-0.2, 0) is 4.79 Å². The molecule has 1 fully saturated rings. The van der Waals surface area contributed by atoms with E-state index in [2.05, 4.69) is 11.8 Å². The van der Waals surface area contributed by atoms with Gasteiger partial charge in [-0.1, -0.05) is 13.8 Å². The van der Waals surface area contributed by atoms with Gasteiger partial charge in [0, 0.05) is 32.2 Å². The molecule has 0 aliphatic carbocycles. The van der Waals surface area contributed by atoms with Gasteiger partial charge in [0.05, 0.1) is 5.92 Å². The highest BCUT2D eigenvalue weighted by Gasteiger charge is 2.28. The number of halogens is 2. The zero-order chi connectivity index (χ0) is 13.0. The number of likely N-dealkylation sites (tertiary alicyclic amines) is 1. The van der Waals surface area contributed by atoms with Gasteiger partial charge in [0.25, 0.3) is 0 Å². The molecule has 2 atom stereocenters. The first-order chi connectivity index (χ1) is 7.97. The lowest BCUT2D eigenvalue weighted by atomic mass is 9.99. The van der Waals surface area contributed by atoms with E-state index in [0.29, 0.717) is 6.04 Å². The van der Waals surface area contributed by atoms with Crippen LogP contribution in [-0.4, -0.2) is 54.5 Å². The Morgan fingerprint density at radius 3 is 2.16 bits per heavy atom. The van der Waals surface area contributed by atoms with Gasteiger partial charge in [-0.3, -0.25) is 4.79 Å².